The molecule has 2 rings (SSSR count). The van der Waals surface area contributed by atoms with Crippen LogP contribution in [-0.2, 0) is 0 Å². The quantitative estimate of drug-likeness (QED) is 0.580. The van der Waals surface area contributed by atoms with Gasteiger partial charge >= 0.3 is 12.1 Å². The second-order valence-corrected chi connectivity index (χ2v) is 4.82. The Morgan fingerprint density at radius 3 is 2.95 bits per heavy atom. The van der Waals surface area contributed by atoms with Crippen molar-refractivity contribution >= 4 is 29.4 Å². The molecule has 0 saturated heterocycles. The lowest BCUT2D eigenvalue weighted by Gasteiger charge is -2.21. The fraction of sp³-hybridized carbons (Fsp3) is 0.231. The van der Waals surface area contributed by atoms with E-state index in [2.05, 4.69) is 21.3 Å². The summed E-state index contributed by atoms with van der Waals surface area (Å²) in [5.41, 5.74) is 1.17. The highest BCUT2D eigenvalue weighted by Gasteiger charge is 2.18. The zero-order valence-electron chi connectivity index (χ0n) is 11.0. The lowest BCUT2D eigenvalue weighted by atomic mass is 10.1. The Morgan fingerprint density at radius 2 is 2.24 bits per heavy atom. The van der Waals surface area contributed by atoms with Crippen LogP contribution in [0.15, 0.2) is 36.0 Å². The molecule has 1 atom stereocenters. The lowest BCUT2D eigenvalue weighted by molar-refractivity contribution is 0.161. The third-order valence-electron chi connectivity index (χ3n) is 2.79. The van der Waals surface area contributed by atoms with Gasteiger partial charge in [0.15, 0.2) is 6.23 Å². The minimum atomic E-state index is -1.03. The summed E-state index contributed by atoms with van der Waals surface area (Å²) >= 11 is 5.81. The third-order valence-corrected chi connectivity index (χ3v) is 3.02. The lowest BCUT2D eigenvalue weighted by Crippen LogP contribution is -2.46. The molecule has 0 unspecified atom stereocenters. The van der Waals surface area contributed by atoms with Crippen LogP contribution in [0.4, 0.5) is 15.3 Å². The molecule has 1 aliphatic rings. The van der Waals surface area contributed by atoms with Crippen molar-refractivity contribution < 1.29 is 14.7 Å². The molecule has 0 aromatic heterocycles. The predicted molar refractivity (Wildman–Crippen MR) is 78.8 cm³/mol. The van der Waals surface area contributed by atoms with E-state index in [0.29, 0.717) is 29.2 Å². The van der Waals surface area contributed by atoms with Gasteiger partial charge in [-0.1, -0.05) is 17.7 Å². The molecule has 0 radical (unpaired) electrons. The summed E-state index contributed by atoms with van der Waals surface area (Å²) in [6, 6.07) is 5.96. The maximum Gasteiger partial charge on any atom is 0.321 e. The molecule has 0 fully saturated rings. The average molecular weight is 311 g/mol. The van der Waals surface area contributed by atoms with E-state index in [0.717, 1.165) is 0 Å². The Bertz CT molecular complexity index is 576. The van der Waals surface area contributed by atoms with Crippen LogP contribution in [0, 0.1) is 0 Å². The van der Waals surface area contributed by atoms with E-state index in [1.165, 1.54) is 6.20 Å². The van der Waals surface area contributed by atoms with E-state index in [4.69, 9.17) is 11.6 Å². The number of aliphatic hydroxyl groups is 1. The molecule has 1 aromatic rings. The molecule has 112 valence electrons. The molecule has 5 N–H and O–H groups in total. The van der Waals surface area contributed by atoms with Crippen LogP contribution in [0.25, 0.3) is 0 Å². The molecule has 1 aromatic carbocycles. The summed E-state index contributed by atoms with van der Waals surface area (Å²) < 4.78 is 0. The highest BCUT2D eigenvalue weighted by atomic mass is 35.5. The SMILES string of the molecule is O=C(NCCC1=CNC(=O)N[C@@H]1O)Nc1cccc(Cl)c1. The van der Waals surface area contributed by atoms with E-state index in [9.17, 15) is 14.7 Å². The first-order chi connectivity index (χ1) is 10.0. The monoisotopic (exact) mass is 310 g/mol. The second-order valence-electron chi connectivity index (χ2n) is 4.38. The van der Waals surface area contributed by atoms with Crippen molar-refractivity contribution in [1.29, 1.82) is 0 Å². The standard InChI is InChI=1S/C13H15ClN4O3/c14-9-2-1-3-10(6-9)17-12(20)15-5-4-8-7-16-13(21)18-11(8)19/h1-3,6-7,11,19H,4-5H2,(H2,15,17,20)(H2,16,18,21)/t11-/m1/s1. The number of anilines is 1. The summed E-state index contributed by atoms with van der Waals surface area (Å²) in [4.78, 5) is 22.6. The van der Waals surface area contributed by atoms with E-state index < -0.39 is 12.3 Å². The normalized spacial score (nSPS) is 17.3. The van der Waals surface area contributed by atoms with Crippen LogP contribution in [-0.4, -0.2) is 29.9 Å². The summed E-state index contributed by atoms with van der Waals surface area (Å²) in [6.07, 6.45) is 0.800. The first-order valence-electron chi connectivity index (χ1n) is 6.29. The molecule has 7 nitrogen and oxygen atoms in total. The van der Waals surface area contributed by atoms with Gasteiger partial charge in [-0.25, -0.2) is 9.59 Å². The molecular formula is C13H15ClN4O3. The topological polar surface area (TPSA) is 102 Å². The number of urea groups is 2. The Hall–Kier alpha value is -2.25. The van der Waals surface area contributed by atoms with Crippen LogP contribution in [0.3, 0.4) is 0 Å². The van der Waals surface area contributed by atoms with E-state index in [-0.39, 0.29) is 6.03 Å². The van der Waals surface area contributed by atoms with Crippen molar-refractivity contribution in [2.24, 2.45) is 0 Å². The number of hydrogen-bond donors (Lipinski definition) is 5. The Morgan fingerprint density at radius 1 is 1.43 bits per heavy atom. The van der Waals surface area contributed by atoms with Gasteiger partial charge in [-0.2, -0.15) is 0 Å². The maximum absolute atomic E-state index is 11.7. The minimum Gasteiger partial charge on any atom is -0.370 e. The van der Waals surface area contributed by atoms with Crippen molar-refractivity contribution in [2.45, 2.75) is 12.6 Å². The average Bonchev–Trinajstić information content (AvgIpc) is 2.41. The predicted octanol–water partition coefficient (Wildman–Crippen LogP) is 1.37. The Kier molecular flexibility index (Phi) is 5.02. The molecule has 21 heavy (non-hydrogen) atoms. The fourth-order valence-corrected chi connectivity index (χ4v) is 1.96. The zero-order valence-corrected chi connectivity index (χ0v) is 11.8. The van der Waals surface area contributed by atoms with Gasteiger partial charge in [0, 0.05) is 23.5 Å². The molecule has 0 aliphatic carbocycles. The Labute approximate surface area is 126 Å². The summed E-state index contributed by atoms with van der Waals surface area (Å²) in [7, 11) is 0. The minimum absolute atomic E-state index is 0.312. The number of nitrogens with one attached hydrogen (secondary N) is 4. The summed E-state index contributed by atoms with van der Waals surface area (Å²) in [6.45, 7) is 0.312. The number of rotatable bonds is 4. The number of amides is 4. The number of aliphatic hydroxyl groups excluding tert-OH is 1. The van der Waals surface area contributed by atoms with E-state index >= 15 is 0 Å². The summed E-state index contributed by atoms with van der Waals surface area (Å²) in [5.74, 6) is 0. The van der Waals surface area contributed by atoms with Gasteiger partial charge in [0.25, 0.3) is 0 Å². The number of benzene rings is 1. The van der Waals surface area contributed by atoms with Crippen molar-refractivity contribution in [3.05, 3.63) is 41.1 Å². The summed E-state index contributed by atoms with van der Waals surface area (Å²) in [5, 5.41) is 20.1. The van der Waals surface area contributed by atoms with E-state index in [1.54, 1.807) is 24.3 Å². The molecule has 4 amide bonds. The van der Waals surface area contributed by atoms with Gasteiger partial charge in [-0.3, -0.25) is 0 Å². The van der Waals surface area contributed by atoms with Crippen molar-refractivity contribution in [3.8, 4) is 0 Å². The zero-order chi connectivity index (χ0) is 15.2. The number of hydrogen-bond acceptors (Lipinski definition) is 3. The highest BCUT2D eigenvalue weighted by Crippen LogP contribution is 2.14. The maximum atomic E-state index is 11.7. The molecule has 0 saturated carbocycles. The molecule has 8 heteroatoms. The highest BCUT2D eigenvalue weighted by molar-refractivity contribution is 6.30. The van der Waals surface area contributed by atoms with Gasteiger partial charge in [0.2, 0.25) is 0 Å². The largest absolute Gasteiger partial charge is 0.370 e. The van der Waals surface area contributed by atoms with Crippen LogP contribution in [0.1, 0.15) is 6.42 Å². The van der Waals surface area contributed by atoms with Crippen LogP contribution in [0.5, 0.6) is 0 Å². The van der Waals surface area contributed by atoms with Crippen LogP contribution < -0.4 is 21.3 Å². The van der Waals surface area contributed by atoms with Gasteiger partial charge in [0.05, 0.1) is 0 Å². The third kappa shape index (κ3) is 4.66. The number of carbonyl (C=O) groups excluding carboxylic acids is 2. The van der Waals surface area contributed by atoms with Crippen molar-refractivity contribution in [1.82, 2.24) is 16.0 Å². The number of halogens is 1. The van der Waals surface area contributed by atoms with Gasteiger partial charge in [-0.05, 0) is 30.2 Å². The molecule has 0 bridgehead atoms. The molecule has 1 heterocycles. The first kappa shape index (κ1) is 15.1. The second kappa shape index (κ2) is 6.96. The van der Waals surface area contributed by atoms with Crippen LogP contribution >= 0.6 is 11.6 Å². The molecular weight excluding hydrogens is 296 g/mol. The number of carbonyl (C=O) groups is 2. The fourth-order valence-electron chi connectivity index (χ4n) is 1.77. The van der Waals surface area contributed by atoms with Gasteiger partial charge in [0.1, 0.15) is 0 Å². The van der Waals surface area contributed by atoms with Crippen molar-refractivity contribution in [2.75, 3.05) is 11.9 Å². The molecule has 1 aliphatic heterocycles. The van der Waals surface area contributed by atoms with Crippen molar-refractivity contribution in [3.63, 3.8) is 0 Å². The Balaban J connectivity index is 1.76. The smallest absolute Gasteiger partial charge is 0.321 e. The van der Waals surface area contributed by atoms with Gasteiger partial charge < -0.3 is 26.4 Å². The first-order valence-corrected chi connectivity index (χ1v) is 6.67. The van der Waals surface area contributed by atoms with E-state index in [1.807, 2.05) is 0 Å². The molecule has 0 spiro atoms. The van der Waals surface area contributed by atoms with Crippen LogP contribution in [0.2, 0.25) is 5.02 Å². The van der Waals surface area contributed by atoms with Gasteiger partial charge in [-0.15, -0.1) is 0 Å².